The van der Waals surface area contributed by atoms with E-state index in [9.17, 15) is 5.26 Å². The van der Waals surface area contributed by atoms with E-state index in [2.05, 4.69) is 21.6 Å². The fourth-order valence-electron chi connectivity index (χ4n) is 2.66. The predicted molar refractivity (Wildman–Crippen MR) is 110 cm³/mol. The van der Waals surface area contributed by atoms with Gasteiger partial charge in [-0.2, -0.15) is 10.4 Å². The molecular weight excluding hydrogens is 378 g/mol. The van der Waals surface area contributed by atoms with Crippen molar-refractivity contribution in [1.82, 2.24) is 5.43 Å². The van der Waals surface area contributed by atoms with Gasteiger partial charge in [0.05, 0.1) is 10.8 Å². The second kappa shape index (κ2) is 7.31. The topological polar surface area (TPSA) is 99.7 Å². The van der Waals surface area contributed by atoms with Crippen molar-refractivity contribution >= 4 is 44.9 Å². The van der Waals surface area contributed by atoms with Gasteiger partial charge in [-0.1, -0.05) is 36.0 Å². The molecule has 1 aliphatic rings. The Morgan fingerprint density at radius 2 is 2.19 bits per heavy atom. The number of thioether (sulfide) groups is 1. The molecule has 1 unspecified atom stereocenters. The van der Waals surface area contributed by atoms with Gasteiger partial charge < -0.3 is 10.2 Å². The summed E-state index contributed by atoms with van der Waals surface area (Å²) in [4.78, 5) is 5.32. The molecule has 4 rings (SSSR count). The average molecular weight is 393 g/mol. The number of hydrogen-bond donors (Lipinski definition) is 2. The maximum Gasteiger partial charge on any atom is 0.184 e. The number of nitrogens with one attached hydrogen (secondary N) is 1. The lowest BCUT2D eigenvalue weighted by molar-refractivity contribution is 0.603. The fraction of sp³-hybridized carbons (Fsp3) is 0.105. The number of rotatable bonds is 3. The third-order valence-corrected chi connectivity index (χ3v) is 6.23. The van der Waals surface area contributed by atoms with Crippen molar-refractivity contribution in [2.45, 2.75) is 12.2 Å². The van der Waals surface area contributed by atoms with Crippen molar-refractivity contribution in [2.75, 3.05) is 0 Å². The minimum Gasteiger partial charge on any atom is -0.455 e. The van der Waals surface area contributed by atoms with Crippen molar-refractivity contribution in [2.24, 2.45) is 15.8 Å². The van der Waals surface area contributed by atoms with Crippen LogP contribution in [0.2, 0.25) is 0 Å². The van der Waals surface area contributed by atoms with Crippen LogP contribution >= 0.6 is 23.1 Å². The lowest BCUT2D eigenvalue weighted by Gasteiger charge is -2.20. The summed E-state index contributed by atoms with van der Waals surface area (Å²) in [6, 6.07) is 15.9. The number of amidine groups is 1. The molecule has 3 aromatic rings. The minimum atomic E-state index is -0.184. The summed E-state index contributed by atoms with van der Waals surface area (Å²) < 4.78 is 5.81. The predicted octanol–water partition coefficient (Wildman–Crippen LogP) is 4.35. The lowest BCUT2D eigenvalue weighted by atomic mass is 10.1. The molecule has 1 aromatic carbocycles. The van der Waals surface area contributed by atoms with Crippen LogP contribution < -0.4 is 11.2 Å². The molecule has 1 atom stereocenters. The number of thiophene rings is 1. The summed E-state index contributed by atoms with van der Waals surface area (Å²) in [5.41, 5.74) is 10.9. The Bertz CT molecular complexity index is 1090. The number of hydrogen-bond acceptors (Lipinski definition) is 8. The average Bonchev–Trinajstić information content (AvgIpc) is 3.35. The van der Waals surface area contributed by atoms with Crippen molar-refractivity contribution in [3.05, 3.63) is 69.9 Å². The monoisotopic (exact) mass is 393 g/mol. The van der Waals surface area contributed by atoms with Gasteiger partial charge in [0.1, 0.15) is 23.2 Å². The molecule has 1 aliphatic heterocycles. The Labute approximate surface area is 164 Å². The van der Waals surface area contributed by atoms with E-state index in [0.29, 0.717) is 22.2 Å². The molecule has 0 bridgehead atoms. The molecule has 27 heavy (non-hydrogen) atoms. The van der Waals surface area contributed by atoms with Crippen LogP contribution in [0.4, 0.5) is 0 Å². The van der Waals surface area contributed by atoms with Gasteiger partial charge in [0.15, 0.2) is 10.9 Å². The molecule has 3 N–H and O–H groups in total. The highest BCUT2D eigenvalue weighted by molar-refractivity contribution is 8.14. The Morgan fingerprint density at radius 1 is 1.33 bits per heavy atom. The van der Waals surface area contributed by atoms with Gasteiger partial charge in [0, 0.05) is 10.3 Å². The Kier molecular flexibility index (Phi) is 4.71. The summed E-state index contributed by atoms with van der Waals surface area (Å²) in [6.07, 6.45) is 0. The number of nitrogens with zero attached hydrogens (tertiary/aromatic N) is 3. The van der Waals surface area contributed by atoms with Gasteiger partial charge in [0.2, 0.25) is 0 Å². The number of hydrazone groups is 1. The third-order valence-electron chi connectivity index (χ3n) is 4.01. The highest BCUT2D eigenvalue weighted by Gasteiger charge is 2.27. The van der Waals surface area contributed by atoms with Crippen LogP contribution in [0.25, 0.3) is 11.0 Å². The van der Waals surface area contributed by atoms with E-state index in [1.165, 1.54) is 11.8 Å². The first-order valence-corrected chi connectivity index (χ1v) is 9.89. The first kappa shape index (κ1) is 17.4. The van der Waals surface area contributed by atoms with E-state index in [1.807, 2.05) is 54.8 Å². The Morgan fingerprint density at radius 3 is 2.93 bits per heavy atom. The molecule has 6 nitrogen and oxygen atoms in total. The zero-order valence-corrected chi connectivity index (χ0v) is 16.0. The highest BCUT2D eigenvalue weighted by Crippen LogP contribution is 2.41. The number of furan rings is 1. The van der Waals surface area contributed by atoms with Crippen molar-refractivity contribution in [3.8, 4) is 6.07 Å². The Balaban J connectivity index is 1.57. The van der Waals surface area contributed by atoms with Crippen molar-refractivity contribution in [3.63, 3.8) is 0 Å². The second-order valence-corrected chi connectivity index (χ2v) is 7.87. The molecular formula is C19H15N5OS2. The highest BCUT2D eigenvalue weighted by atomic mass is 32.2. The van der Waals surface area contributed by atoms with Crippen molar-refractivity contribution in [1.29, 1.82) is 5.26 Å². The van der Waals surface area contributed by atoms with E-state index in [1.54, 1.807) is 11.3 Å². The van der Waals surface area contributed by atoms with Gasteiger partial charge >= 0.3 is 0 Å². The summed E-state index contributed by atoms with van der Waals surface area (Å²) in [6.45, 7) is 1.86. The van der Waals surface area contributed by atoms with Crippen LogP contribution in [0.15, 0.2) is 73.7 Å². The summed E-state index contributed by atoms with van der Waals surface area (Å²) in [5, 5.41) is 17.2. The quantitative estimate of drug-likeness (QED) is 0.509. The molecule has 0 saturated carbocycles. The van der Waals surface area contributed by atoms with Crippen LogP contribution in [-0.4, -0.2) is 10.9 Å². The van der Waals surface area contributed by atoms with Gasteiger partial charge in [-0.15, -0.1) is 11.3 Å². The molecule has 8 heteroatoms. The normalized spacial score (nSPS) is 17.7. The maximum atomic E-state index is 9.43. The molecule has 0 radical (unpaired) electrons. The van der Waals surface area contributed by atoms with Crippen LogP contribution in [0.1, 0.15) is 22.8 Å². The maximum absolute atomic E-state index is 9.43. The first-order valence-electron chi connectivity index (χ1n) is 8.13. The summed E-state index contributed by atoms with van der Waals surface area (Å²) in [7, 11) is 0. The molecule has 0 amide bonds. The molecule has 2 aromatic heterocycles. The van der Waals surface area contributed by atoms with Crippen LogP contribution in [-0.2, 0) is 0 Å². The van der Waals surface area contributed by atoms with E-state index >= 15 is 0 Å². The van der Waals surface area contributed by atoms with Crippen LogP contribution in [0.5, 0.6) is 0 Å². The van der Waals surface area contributed by atoms with Gasteiger partial charge in [0.25, 0.3) is 0 Å². The number of nitrogens with two attached hydrogens (primary N) is 1. The zero-order chi connectivity index (χ0) is 18.8. The van der Waals surface area contributed by atoms with Gasteiger partial charge in [-0.05, 0) is 30.5 Å². The third kappa shape index (κ3) is 3.47. The molecule has 134 valence electrons. The van der Waals surface area contributed by atoms with E-state index in [-0.39, 0.29) is 11.1 Å². The zero-order valence-electron chi connectivity index (χ0n) is 14.3. The molecule has 0 spiro atoms. The van der Waals surface area contributed by atoms with Crippen molar-refractivity contribution < 1.29 is 4.42 Å². The fourth-order valence-corrected chi connectivity index (χ4v) is 4.64. The minimum absolute atomic E-state index is 0.184. The molecule has 3 heterocycles. The first-order chi connectivity index (χ1) is 13.2. The van der Waals surface area contributed by atoms with Crippen LogP contribution in [0, 0.1) is 11.3 Å². The van der Waals surface area contributed by atoms with Gasteiger partial charge in [-0.25, -0.2) is 4.99 Å². The number of para-hydroxylation sites is 1. The molecule has 0 aliphatic carbocycles. The summed E-state index contributed by atoms with van der Waals surface area (Å²) >= 11 is 3.00. The van der Waals surface area contributed by atoms with E-state index in [0.717, 1.165) is 15.8 Å². The molecule has 0 fully saturated rings. The van der Waals surface area contributed by atoms with E-state index < -0.39 is 0 Å². The largest absolute Gasteiger partial charge is 0.455 e. The lowest BCUT2D eigenvalue weighted by Crippen LogP contribution is -2.23. The standard InChI is InChI=1S/C19H15N5OS2/c1-11(15-9-12-5-2-3-6-14(12)25-15)23-24-19-22-18(21)13(10-20)17(27-19)16-7-4-8-26-16/h2-9,17H,21H2,1H3,(H,22,24)/b23-11+. The van der Waals surface area contributed by atoms with E-state index in [4.69, 9.17) is 10.2 Å². The smallest absolute Gasteiger partial charge is 0.184 e. The molecule has 0 saturated heterocycles. The number of aliphatic imine (C=N–C) groups is 1. The number of benzene rings is 1. The number of fused-ring (bicyclic) bond motifs is 1. The number of nitriles is 1. The van der Waals surface area contributed by atoms with Gasteiger partial charge in [-0.3, -0.25) is 5.43 Å². The summed E-state index contributed by atoms with van der Waals surface area (Å²) in [5.74, 6) is 0.898. The second-order valence-electron chi connectivity index (χ2n) is 5.80. The Hall–Kier alpha value is -3.02. The SMILES string of the molecule is C/C(=N\NC1=NC(N)=C(C#N)C(c2cccs2)S1)c1cc2ccccc2o1. The van der Waals surface area contributed by atoms with Crippen LogP contribution in [0.3, 0.4) is 0 Å².